The number of benzene rings is 1. The zero-order valence-electron chi connectivity index (χ0n) is 14.2. The van der Waals surface area contributed by atoms with E-state index in [-0.39, 0.29) is 11.9 Å². The van der Waals surface area contributed by atoms with Gasteiger partial charge >= 0.3 is 0 Å². The lowest BCUT2D eigenvalue weighted by Crippen LogP contribution is -2.52. The molecule has 1 atom stereocenters. The van der Waals surface area contributed by atoms with Gasteiger partial charge in [-0.25, -0.2) is 4.68 Å². The van der Waals surface area contributed by atoms with Crippen molar-refractivity contribution in [2.24, 2.45) is 0 Å². The number of nitrogens with one attached hydrogen (secondary N) is 1. The van der Waals surface area contributed by atoms with Crippen molar-refractivity contribution in [1.29, 1.82) is 0 Å². The Kier molecular flexibility index (Phi) is 5.15. The van der Waals surface area contributed by atoms with E-state index in [2.05, 4.69) is 10.4 Å². The van der Waals surface area contributed by atoms with E-state index >= 15 is 0 Å². The van der Waals surface area contributed by atoms with Gasteiger partial charge in [-0.2, -0.15) is 5.10 Å². The van der Waals surface area contributed by atoms with E-state index in [9.17, 15) is 4.79 Å². The van der Waals surface area contributed by atoms with Crippen molar-refractivity contribution in [1.82, 2.24) is 20.0 Å². The summed E-state index contributed by atoms with van der Waals surface area (Å²) in [5.74, 6) is 0.487. The van der Waals surface area contributed by atoms with E-state index in [4.69, 9.17) is 4.74 Å². The van der Waals surface area contributed by atoms with Crippen molar-refractivity contribution in [3.05, 3.63) is 42.2 Å². The van der Waals surface area contributed by atoms with Gasteiger partial charge in [0.2, 0.25) is 0 Å². The molecule has 24 heavy (non-hydrogen) atoms. The molecule has 1 aliphatic heterocycles. The molecule has 1 saturated heterocycles. The molecule has 0 unspecified atom stereocenters. The summed E-state index contributed by atoms with van der Waals surface area (Å²) in [5.41, 5.74) is 1.30. The van der Waals surface area contributed by atoms with E-state index in [1.165, 1.54) is 0 Å². The first-order chi connectivity index (χ1) is 11.7. The minimum Gasteiger partial charge on any atom is -0.489 e. The molecule has 1 N–H and O–H groups in total. The molecule has 1 fully saturated rings. The van der Waals surface area contributed by atoms with Crippen LogP contribution in [-0.2, 0) is 0 Å². The largest absolute Gasteiger partial charge is 0.489 e. The van der Waals surface area contributed by atoms with E-state index in [0.29, 0.717) is 24.6 Å². The Bertz CT molecular complexity index is 684. The van der Waals surface area contributed by atoms with Crippen molar-refractivity contribution in [3.63, 3.8) is 0 Å². The second kappa shape index (κ2) is 7.49. The Hall–Kier alpha value is -2.34. The lowest BCUT2D eigenvalue weighted by Gasteiger charge is -2.33. The molecule has 0 saturated carbocycles. The minimum atomic E-state index is -0.0650. The second-order valence-corrected chi connectivity index (χ2v) is 6.02. The quantitative estimate of drug-likeness (QED) is 0.913. The molecule has 0 spiro atoms. The number of ether oxygens (including phenoxy) is 1. The van der Waals surface area contributed by atoms with Crippen molar-refractivity contribution in [2.75, 3.05) is 26.2 Å². The number of para-hydroxylation sites is 1. The molecular formula is C18H24N4O2. The highest BCUT2D eigenvalue weighted by molar-refractivity contribution is 5.95. The van der Waals surface area contributed by atoms with Gasteiger partial charge in [0.05, 0.1) is 18.5 Å². The van der Waals surface area contributed by atoms with Gasteiger partial charge in [-0.05, 0) is 25.5 Å². The summed E-state index contributed by atoms with van der Waals surface area (Å²) in [6.45, 7) is 6.95. The Morgan fingerprint density at radius 2 is 2.17 bits per heavy atom. The zero-order valence-corrected chi connectivity index (χ0v) is 14.2. The highest BCUT2D eigenvalue weighted by Crippen LogP contribution is 2.23. The normalized spacial score (nSPS) is 17.8. The van der Waals surface area contributed by atoms with Gasteiger partial charge in [0, 0.05) is 25.7 Å². The summed E-state index contributed by atoms with van der Waals surface area (Å²) in [7, 11) is 0. The van der Waals surface area contributed by atoms with Crippen LogP contribution >= 0.6 is 0 Å². The van der Waals surface area contributed by atoms with Crippen molar-refractivity contribution >= 4 is 5.91 Å². The van der Waals surface area contributed by atoms with Crippen LogP contribution in [0.25, 0.3) is 5.69 Å². The Labute approximate surface area is 142 Å². The van der Waals surface area contributed by atoms with Crippen LogP contribution < -0.4 is 10.1 Å². The van der Waals surface area contributed by atoms with Crippen molar-refractivity contribution in [3.8, 4) is 11.4 Å². The summed E-state index contributed by atoms with van der Waals surface area (Å²) in [5, 5.41) is 7.82. The van der Waals surface area contributed by atoms with Crippen LogP contribution in [0, 0.1) is 0 Å². The summed E-state index contributed by atoms with van der Waals surface area (Å²) >= 11 is 0. The van der Waals surface area contributed by atoms with Crippen LogP contribution in [0.1, 0.15) is 30.8 Å². The maximum atomic E-state index is 13.0. The number of amides is 1. The maximum absolute atomic E-state index is 13.0. The maximum Gasteiger partial charge on any atom is 0.278 e. The lowest BCUT2D eigenvalue weighted by atomic mass is 10.2. The highest BCUT2D eigenvalue weighted by atomic mass is 16.5. The molecule has 0 aliphatic carbocycles. The SMILES string of the molecule is CCCOc1cn(-c2ccccc2)nc1C(=O)N1CCNC[C@H]1C. The first-order valence-corrected chi connectivity index (χ1v) is 8.50. The van der Waals surface area contributed by atoms with Gasteiger partial charge in [0.15, 0.2) is 11.4 Å². The fraction of sp³-hybridized carbons (Fsp3) is 0.444. The third-order valence-corrected chi connectivity index (χ3v) is 4.13. The van der Waals surface area contributed by atoms with Crippen LogP contribution in [0.2, 0.25) is 0 Å². The number of hydrogen-bond acceptors (Lipinski definition) is 4. The number of carbonyl (C=O) groups is 1. The van der Waals surface area contributed by atoms with Gasteiger partial charge in [0.25, 0.3) is 5.91 Å². The van der Waals surface area contributed by atoms with Crippen LogP contribution in [-0.4, -0.2) is 52.9 Å². The molecule has 6 nitrogen and oxygen atoms in total. The number of nitrogens with zero attached hydrogens (tertiary/aromatic N) is 3. The van der Waals surface area contributed by atoms with Crippen LogP contribution in [0.3, 0.4) is 0 Å². The average Bonchev–Trinajstić information content (AvgIpc) is 3.05. The topological polar surface area (TPSA) is 59.4 Å². The van der Waals surface area contributed by atoms with Gasteiger partial charge < -0.3 is 15.0 Å². The van der Waals surface area contributed by atoms with E-state index < -0.39 is 0 Å². The average molecular weight is 328 g/mol. The molecule has 0 bridgehead atoms. The van der Waals surface area contributed by atoms with E-state index in [1.807, 2.05) is 49.1 Å². The summed E-state index contributed by atoms with van der Waals surface area (Å²) in [6, 6.07) is 9.91. The summed E-state index contributed by atoms with van der Waals surface area (Å²) in [4.78, 5) is 14.8. The van der Waals surface area contributed by atoms with Crippen molar-refractivity contribution in [2.45, 2.75) is 26.3 Å². The summed E-state index contributed by atoms with van der Waals surface area (Å²) < 4.78 is 7.50. The molecule has 1 aromatic carbocycles. The molecule has 3 rings (SSSR count). The molecule has 1 aromatic heterocycles. The second-order valence-electron chi connectivity index (χ2n) is 6.02. The Morgan fingerprint density at radius 3 is 2.88 bits per heavy atom. The van der Waals surface area contributed by atoms with Gasteiger partial charge in [-0.1, -0.05) is 25.1 Å². The van der Waals surface area contributed by atoms with Crippen LogP contribution in [0.4, 0.5) is 0 Å². The van der Waals surface area contributed by atoms with Gasteiger partial charge in [0.1, 0.15) is 0 Å². The number of piperazine rings is 1. The Balaban J connectivity index is 1.92. The van der Waals surface area contributed by atoms with Gasteiger partial charge in [-0.15, -0.1) is 0 Å². The monoisotopic (exact) mass is 328 g/mol. The third-order valence-electron chi connectivity index (χ3n) is 4.13. The van der Waals surface area contributed by atoms with Crippen molar-refractivity contribution < 1.29 is 9.53 Å². The fourth-order valence-corrected chi connectivity index (χ4v) is 2.82. The Morgan fingerprint density at radius 1 is 1.38 bits per heavy atom. The number of rotatable bonds is 5. The molecule has 128 valence electrons. The first kappa shape index (κ1) is 16.5. The highest BCUT2D eigenvalue weighted by Gasteiger charge is 2.29. The molecule has 1 aliphatic rings. The molecule has 1 amide bonds. The molecular weight excluding hydrogens is 304 g/mol. The molecule has 0 radical (unpaired) electrons. The molecule has 2 aromatic rings. The predicted octanol–water partition coefficient (Wildman–Crippen LogP) is 2.09. The standard InChI is InChI=1S/C18H24N4O2/c1-3-11-24-16-13-22(15-7-5-4-6-8-15)20-17(16)18(23)21-10-9-19-12-14(21)2/h4-8,13-14,19H,3,9-12H2,1-2H3/t14-/m1/s1. The van der Waals surface area contributed by atoms with E-state index in [0.717, 1.165) is 25.2 Å². The van der Waals surface area contributed by atoms with Gasteiger partial charge in [-0.3, -0.25) is 4.79 Å². The lowest BCUT2D eigenvalue weighted by molar-refractivity contribution is 0.0645. The third kappa shape index (κ3) is 3.43. The van der Waals surface area contributed by atoms with E-state index in [1.54, 1.807) is 10.9 Å². The first-order valence-electron chi connectivity index (χ1n) is 8.50. The van der Waals surface area contributed by atoms with Crippen LogP contribution in [0.15, 0.2) is 36.5 Å². The fourth-order valence-electron chi connectivity index (χ4n) is 2.82. The number of carbonyl (C=O) groups excluding carboxylic acids is 1. The number of aromatic nitrogens is 2. The zero-order chi connectivity index (χ0) is 16.9. The smallest absolute Gasteiger partial charge is 0.278 e. The predicted molar refractivity (Wildman–Crippen MR) is 92.7 cm³/mol. The summed E-state index contributed by atoms with van der Waals surface area (Å²) in [6.07, 6.45) is 2.68. The van der Waals surface area contributed by atoms with Crippen LogP contribution in [0.5, 0.6) is 5.75 Å². The minimum absolute atomic E-state index is 0.0650. The molecule has 6 heteroatoms. The molecule has 2 heterocycles. The number of hydrogen-bond donors (Lipinski definition) is 1.